The van der Waals surface area contributed by atoms with Crippen molar-refractivity contribution in [2.24, 2.45) is 0 Å². The van der Waals surface area contributed by atoms with Crippen molar-refractivity contribution in [3.8, 4) is 17.2 Å². The summed E-state index contributed by atoms with van der Waals surface area (Å²) in [5.41, 5.74) is 6.40. The zero-order valence-electron chi connectivity index (χ0n) is 14.9. The fraction of sp³-hybridized carbons (Fsp3) is 0.588. The van der Waals surface area contributed by atoms with Crippen LogP contribution in [0.5, 0.6) is 17.2 Å². The molecule has 23 heavy (non-hydrogen) atoms. The molecule has 0 saturated heterocycles. The van der Waals surface area contributed by atoms with Gasteiger partial charge in [-0.15, -0.1) is 0 Å². The maximum atomic E-state index is 12.1. The van der Waals surface area contributed by atoms with E-state index in [0.29, 0.717) is 11.5 Å². The predicted octanol–water partition coefficient (Wildman–Crippen LogP) is 3.42. The molecule has 0 amide bonds. The highest BCUT2D eigenvalue weighted by molar-refractivity contribution is 6.00. The van der Waals surface area contributed by atoms with Gasteiger partial charge in [0.25, 0.3) is 0 Å². The van der Waals surface area contributed by atoms with E-state index in [2.05, 4.69) is 0 Å². The van der Waals surface area contributed by atoms with Gasteiger partial charge < -0.3 is 24.7 Å². The van der Waals surface area contributed by atoms with Crippen LogP contribution in [0, 0.1) is 0 Å². The number of hydrogen-bond donors (Lipinski definition) is 1. The number of rotatable bonds is 7. The number of esters is 1. The molecule has 0 aliphatic carbocycles. The number of benzene rings is 1. The lowest BCUT2D eigenvalue weighted by molar-refractivity contribution is 0.0593. The summed E-state index contributed by atoms with van der Waals surface area (Å²) < 4.78 is 22.3. The second-order valence-electron chi connectivity index (χ2n) is 5.99. The van der Waals surface area contributed by atoms with E-state index < -0.39 is 5.97 Å². The third-order valence-corrected chi connectivity index (χ3v) is 2.69. The molecule has 130 valence electrons. The molecule has 0 fully saturated rings. The standard InChI is InChI=1S/C17H27NO5/c1-9(2)21-13-8-12(18)14(17(19)20-7)16(23-11(5)6)15(13)22-10(3)4/h8-11H,18H2,1-7H3. The van der Waals surface area contributed by atoms with E-state index >= 15 is 0 Å². The van der Waals surface area contributed by atoms with Crippen LogP contribution in [0.2, 0.25) is 0 Å². The molecule has 2 N–H and O–H groups in total. The second-order valence-corrected chi connectivity index (χ2v) is 5.99. The average molecular weight is 325 g/mol. The topological polar surface area (TPSA) is 80.0 Å². The predicted molar refractivity (Wildman–Crippen MR) is 89.5 cm³/mol. The molecule has 0 unspecified atom stereocenters. The minimum Gasteiger partial charge on any atom is -0.487 e. The Hall–Kier alpha value is -2.11. The van der Waals surface area contributed by atoms with Crippen molar-refractivity contribution in [3.63, 3.8) is 0 Å². The Bertz CT molecular complexity index is 552. The number of hydrogen-bond acceptors (Lipinski definition) is 6. The van der Waals surface area contributed by atoms with Gasteiger partial charge in [0.2, 0.25) is 5.75 Å². The molecule has 6 nitrogen and oxygen atoms in total. The van der Waals surface area contributed by atoms with Gasteiger partial charge in [0.15, 0.2) is 11.5 Å². The quantitative estimate of drug-likeness (QED) is 0.611. The second kappa shape index (κ2) is 7.94. The van der Waals surface area contributed by atoms with Crippen molar-refractivity contribution in [1.82, 2.24) is 0 Å². The zero-order chi connectivity index (χ0) is 17.7. The fourth-order valence-corrected chi connectivity index (χ4v) is 1.99. The molecule has 0 saturated carbocycles. The van der Waals surface area contributed by atoms with E-state index in [1.807, 2.05) is 41.5 Å². The summed E-state index contributed by atoms with van der Waals surface area (Å²) in [6, 6.07) is 1.57. The molecule has 0 atom stereocenters. The lowest BCUT2D eigenvalue weighted by atomic mass is 10.1. The van der Waals surface area contributed by atoms with Crippen molar-refractivity contribution < 1.29 is 23.7 Å². The van der Waals surface area contributed by atoms with Crippen LogP contribution in [0.3, 0.4) is 0 Å². The Labute approximate surface area is 137 Å². The third kappa shape index (κ3) is 4.94. The van der Waals surface area contributed by atoms with Crippen molar-refractivity contribution in [2.45, 2.75) is 59.9 Å². The largest absolute Gasteiger partial charge is 0.487 e. The van der Waals surface area contributed by atoms with E-state index in [1.165, 1.54) is 7.11 Å². The molecule has 0 aliphatic heterocycles. The van der Waals surface area contributed by atoms with Gasteiger partial charge in [0, 0.05) is 6.07 Å². The monoisotopic (exact) mass is 325 g/mol. The number of methoxy groups -OCH3 is 1. The summed E-state index contributed by atoms with van der Waals surface area (Å²) in [6.45, 7) is 11.3. The summed E-state index contributed by atoms with van der Waals surface area (Å²) in [6.07, 6.45) is -0.394. The molecule has 1 rings (SSSR count). The molecule has 0 radical (unpaired) electrons. The third-order valence-electron chi connectivity index (χ3n) is 2.69. The zero-order valence-corrected chi connectivity index (χ0v) is 14.9. The highest BCUT2D eigenvalue weighted by atomic mass is 16.6. The van der Waals surface area contributed by atoms with E-state index in [4.69, 9.17) is 24.7 Å². The Kier molecular flexibility index (Phi) is 6.54. The van der Waals surface area contributed by atoms with Gasteiger partial charge >= 0.3 is 5.97 Å². The van der Waals surface area contributed by atoms with Crippen LogP contribution in [-0.4, -0.2) is 31.4 Å². The first-order valence-corrected chi connectivity index (χ1v) is 7.72. The summed E-state index contributed by atoms with van der Waals surface area (Å²) >= 11 is 0. The normalized spacial score (nSPS) is 11.0. The maximum Gasteiger partial charge on any atom is 0.343 e. The molecular weight excluding hydrogens is 298 g/mol. The molecule has 0 aromatic heterocycles. The summed E-state index contributed by atoms with van der Waals surface area (Å²) in [4.78, 5) is 12.1. The minimum atomic E-state index is -0.581. The van der Waals surface area contributed by atoms with Gasteiger partial charge in [0.05, 0.1) is 31.1 Å². The fourth-order valence-electron chi connectivity index (χ4n) is 1.99. The molecule has 6 heteroatoms. The highest BCUT2D eigenvalue weighted by Gasteiger charge is 2.27. The molecule has 1 aromatic rings. The highest BCUT2D eigenvalue weighted by Crippen LogP contribution is 2.45. The van der Waals surface area contributed by atoms with Crippen LogP contribution < -0.4 is 19.9 Å². The van der Waals surface area contributed by atoms with Gasteiger partial charge in [-0.1, -0.05) is 0 Å². The first-order valence-electron chi connectivity index (χ1n) is 7.72. The number of nitrogen functional groups attached to an aromatic ring is 1. The van der Waals surface area contributed by atoms with Crippen LogP contribution in [-0.2, 0) is 4.74 Å². The smallest absolute Gasteiger partial charge is 0.343 e. The molecule has 0 aliphatic rings. The summed E-state index contributed by atoms with van der Waals surface area (Å²) in [5.74, 6) is 0.463. The number of ether oxygens (including phenoxy) is 4. The SMILES string of the molecule is COC(=O)c1c(N)cc(OC(C)C)c(OC(C)C)c1OC(C)C. The first-order chi connectivity index (χ1) is 10.7. The molecular formula is C17H27NO5. The maximum absolute atomic E-state index is 12.1. The first kappa shape index (κ1) is 18.9. The molecule has 0 spiro atoms. The Morgan fingerprint density at radius 3 is 1.83 bits per heavy atom. The van der Waals surface area contributed by atoms with Gasteiger partial charge in [-0.2, -0.15) is 0 Å². The van der Waals surface area contributed by atoms with Crippen molar-refractivity contribution in [1.29, 1.82) is 0 Å². The van der Waals surface area contributed by atoms with Crippen molar-refractivity contribution in [2.75, 3.05) is 12.8 Å². The lowest BCUT2D eigenvalue weighted by Gasteiger charge is -2.24. The van der Waals surface area contributed by atoms with Crippen molar-refractivity contribution in [3.05, 3.63) is 11.6 Å². The van der Waals surface area contributed by atoms with Crippen LogP contribution in [0.4, 0.5) is 5.69 Å². The lowest BCUT2D eigenvalue weighted by Crippen LogP contribution is -2.18. The number of carbonyl (C=O) groups excluding carboxylic acids is 1. The van der Waals surface area contributed by atoms with Crippen molar-refractivity contribution >= 4 is 11.7 Å². The van der Waals surface area contributed by atoms with Crippen LogP contribution in [0.25, 0.3) is 0 Å². The summed E-state index contributed by atoms with van der Waals surface area (Å²) in [5, 5.41) is 0. The van der Waals surface area contributed by atoms with E-state index in [-0.39, 0.29) is 35.3 Å². The summed E-state index contributed by atoms with van der Waals surface area (Å²) in [7, 11) is 1.29. The number of nitrogens with two attached hydrogens (primary N) is 1. The Morgan fingerprint density at radius 2 is 1.39 bits per heavy atom. The number of carbonyl (C=O) groups is 1. The van der Waals surface area contributed by atoms with Gasteiger partial charge in [0.1, 0.15) is 5.56 Å². The molecule has 0 heterocycles. The van der Waals surface area contributed by atoms with Crippen LogP contribution in [0.15, 0.2) is 6.07 Å². The Morgan fingerprint density at radius 1 is 0.913 bits per heavy atom. The van der Waals surface area contributed by atoms with Crippen LogP contribution >= 0.6 is 0 Å². The minimum absolute atomic E-state index is 0.0835. The van der Waals surface area contributed by atoms with Gasteiger partial charge in [-0.3, -0.25) is 0 Å². The molecule has 0 bridgehead atoms. The van der Waals surface area contributed by atoms with Crippen LogP contribution in [0.1, 0.15) is 51.9 Å². The number of anilines is 1. The van der Waals surface area contributed by atoms with Gasteiger partial charge in [-0.05, 0) is 41.5 Å². The molecule has 1 aromatic carbocycles. The van der Waals surface area contributed by atoms with Gasteiger partial charge in [-0.25, -0.2) is 4.79 Å². The Balaban J connectivity index is 3.62. The van der Waals surface area contributed by atoms with E-state index in [9.17, 15) is 4.79 Å². The van der Waals surface area contributed by atoms with E-state index in [0.717, 1.165) is 0 Å². The average Bonchev–Trinajstić information content (AvgIpc) is 2.40. The van der Waals surface area contributed by atoms with E-state index in [1.54, 1.807) is 6.07 Å².